The summed E-state index contributed by atoms with van der Waals surface area (Å²) in [5.41, 5.74) is 0. The minimum absolute atomic E-state index is 0.103. The molecule has 0 bridgehead atoms. The molecule has 0 aromatic rings. The summed E-state index contributed by atoms with van der Waals surface area (Å²) in [5, 5.41) is 10.6. The summed E-state index contributed by atoms with van der Waals surface area (Å²) >= 11 is 0. The van der Waals surface area contributed by atoms with Crippen LogP contribution in [0.15, 0.2) is 0 Å². The summed E-state index contributed by atoms with van der Waals surface area (Å²) in [5.74, 6) is 0.189. The van der Waals surface area contributed by atoms with E-state index < -0.39 is 97.5 Å². The molecule has 17 nitrogen and oxygen atoms in total. The van der Waals surface area contributed by atoms with Gasteiger partial charge < -0.3 is 33.8 Å². The molecule has 0 aliphatic heterocycles. The number of esters is 4. The number of aliphatic hydroxyl groups excluding tert-OH is 1. The van der Waals surface area contributed by atoms with Crippen molar-refractivity contribution in [3.8, 4) is 0 Å². The average Bonchev–Trinajstić information content (AvgIpc) is 1.71. The fraction of sp³-hybridized carbons (Fsp3) is 0.945. The van der Waals surface area contributed by atoms with Crippen LogP contribution >= 0.6 is 15.6 Å². The molecule has 0 aliphatic carbocycles. The van der Waals surface area contributed by atoms with Crippen LogP contribution in [-0.4, -0.2) is 96.7 Å². The zero-order chi connectivity index (χ0) is 68.0. The van der Waals surface area contributed by atoms with Gasteiger partial charge in [-0.1, -0.05) is 318 Å². The zero-order valence-corrected chi connectivity index (χ0v) is 61.8. The Balaban J connectivity index is 5.23. The van der Waals surface area contributed by atoms with Gasteiger partial charge in [0.25, 0.3) is 0 Å². The van der Waals surface area contributed by atoms with Crippen molar-refractivity contribution >= 4 is 39.5 Å². The number of ether oxygens (including phenoxy) is 4. The predicted octanol–water partition coefficient (Wildman–Crippen LogP) is 21.0. The highest BCUT2D eigenvalue weighted by molar-refractivity contribution is 7.47. The van der Waals surface area contributed by atoms with Crippen molar-refractivity contribution in [3.63, 3.8) is 0 Å². The van der Waals surface area contributed by atoms with E-state index in [9.17, 15) is 43.2 Å². The van der Waals surface area contributed by atoms with E-state index in [0.717, 1.165) is 102 Å². The molecule has 0 amide bonds. The lowest BCUT2D eigenvalue weighted by Gasteiger charge is -2.21. The molecule has 546 valence electrons. The van der Waals surface area contributed by atoms with Gasteiger partial charge in [-0.05, 0) is 43.4 Å². The third-order valence-corrected chi connectivity index (χ3v) is 19.1. The Hall–Kier alpha value is -1.94. The molecule has 0 aliphatic rings. The van der Waals surface area contributed by atoms with Crippen LogP contribution in [0, 0.1) is 17.8 Å². The molecule has 0 rings (SSSR count). The Bertz CT molecular complexity index is 1800. The van der Waals surface area contributed by atoms with Crippen LogP contribution in [0.1, 0.15) is 370 Å². The quantitative estimate of drug-likeness (QED) is 0.0222. The number of carbonyl (C=O) groups is 4. The standard InChI is InChI=1S/C73H142O17P2/c1-8-10-11-12-13-14-26-33-40-47-54-70(75)83-61-69(90-73(78)57-50-43-36-29-31-38-45-52-65(5)6)63-88-92(81,82)86-59-67(74)58-85-91(79,80)87-62-68(60-84-71(76)55-48-41-34-27-23-19-20-24-30-37-44-51-64(3)4)89-72(77)56-49-42-35-28-22-18-16-15-17-21-25-32-39-46-53-66(7)9-2/h64-69,74H,8-63H2,1-7H3,(H,79,80)(H,81,82)/t66?,67-,68-,69-/m1/s1. The first-order valence-electron chi connectivity index (χ1n) is 37.9. The van der Waals surface area contributed by atoms with Crippen molar-refractivity contribution in [3.05, 3.63) is 0 Å². The Morgan fingerprint density at radius 2 is 0.554 bits per heavy atom. The van der Waals surface area contributed by atoms with Crippen LogP contribution in [0.4, 0.5) is 0 Å². The maximum absolute atomic E-state index is 13.1. The maximum Gasteiger partial charge on any atom is 0.472 e. The van der Waals surface area contributed by atoms with Crippen molar-refractivity contribution < 1.29 is 80.2 Å². The Labute approximate surface area is 562 Å². The molecular weight excluding hydrogens is 1210 g/mol. The first-order chi connectivity index (χ1) is 44.3. The summed E-state index contributed by atoms with van der Waals surface area (Å²) in [7, 11) is -9.90. The second kappa shape index (κ2) is 63.8. The SMILES string of the molecule is CCCCCCCCCCCCC(=O)OC[C@H](COP(=O)(O)OC[C@H](O)COP(=O)(O)OC[C@@H](COC(=O)CCCCCCCCCCCCCC(C)C)OC(=O)CCCCCCCCCCCCCCCCC(C)CC)OC(=O)CCCCCCCCCC(C)C. The van der Waals surface area contributed by atoms with E-state index in [1.807, 2.05) is 0 Å². The van der Waals surface area contributed by atoms with E-state index in [1.165, 1.54) is 180 Å². The van der Waals surface area contributed by atoms with Crippen molar-refractivity contribution in [2.45, 2.75) is 388 Å². The van der Waals surface area contributed by atoms with Crippen molar-refractivity contribution in [2.75, 3.05) is 39.6 Å². The second-order valence-corrected chi connectivity index (χ2v) is 30.4. The highest BCUT2D eigenvalue weighted by Crippen LogP contribution is 2.45. The summed E-state index contributed by atoms with van der Waals surface area (Å²) < 4.78 is 68.4. The molecular formula is C73H142O17P2. The smallest absolute Gasteiger partial charge is 0.462 e. The largest absolute Gasteiger partial charge is 0.472 e. The van der Waals surface area contributed by atoms with Crippen LogP contribution in [0.5, 0.6) is 0 Å². The molecule has 0 radical (unpaired) electrons. The van der Waals surface area contributed by atoms with Crippen molar-refractivity contribution in [2.24, 2.45) is 17.8 Å². The third kappa shape index (κ3) is 65.4. The first-order valence-corrected chi connectivity index (χ1v) is 40.9. The molecule has 3 unspecified atom stereocenters. The summed E-state index contributed by atoms with van der Waals surface area (Å²) in [4.78, 5) is 72.6. The molecule has 0 spiro atoms. The van der Waals surface area contributed by atoms with E-state index in [-0.39, 0.29) is 25.7 Å². The van der Waals surface area contributed by atoms with Crippen LogP contribution < -0.4 is 0 Å². The van der Waals surface area contributed by atoms with Gasteiger partial charge in [0.1, 0.15) is 19.3 Å². The number of phosphoric acid groups is 2. The second-order valence-electron chi connectivity index (χ2n) is 27.5. The number of phosphoric ester groups is 2. The summed E-state index contributed by atoms with van der Waals surface area (Å²) in [6.07, 6.45) is 48.6. The fourth-order valence-electron chi connectivity index (χ4n) is 11.0. The van der Waals surface area contributed by atoms with Gasteiger partial charge in [0.15, 0.2) is 12.2 Å². The molecule has 0 aromatic carbocycles. The van der Waals surface area contributed by atoms with E-state index in [0.29, 0.717) is 31.6 Å². The molecule has 3 N–H and O–H groups in total. The number of hydrogen-bond donors (Lipinski definition) is 3. The Morgan fingerprint density at radius 1 is 0.315 bits per heavy atom. The van der Waals surface area contributed by atoms with Crippen LogP contribution in [0.3, 0.4) is 0 Å². The van der Waals surface area contributed by atoms with Gasteiger partial charge in [-0.3, -0.25) is 37.3 Å². The average molecular weight is 1350 g/mol. The van der Waals surface area contributed by atoms with Gasteiger partial charge in [0.2, 0.25) is 0 Å². The van der Waals surface area contributed by atoms with E-state index in [1.54, 1.807) is 0 Å². The highest BCUT2D eigenvalue weighted by atomic mass is 31.2. The molecule has 0 aromatic heterocycles. The van der Waals surface area contributed by atoms with Crippen LogP contribution in [-0.2, 0) is 65.4 Å². The normalized spacial score (nSPS) is 14.4. The Morgan fingerprint density at radius 3 is 0.826 bits per heavy atom. The lowest BCUT2D eigenvalue weighted by molar-refractivity contribution is -0.161. The number of carbonyl (C=O) groups excluding carboxylic acids is 4. The fourth-order valence-corrected chi connectivity index (χ4v) is 12.6. The van der Waals surface area contributed by atoms with Crippen molar-refractivity contribution in [1.82, 2.24) is 0 Å². The molecule has 0 saturated heterocycles. The summed E-state index contributed by atoms with van der Waals surface area (Å²) in [6.45, 7) is 11.9. The van der Waals surface area contributed by atoms with Gasteiger partial charge >= 0.3 is 39.5 Å². The van der Waals surface area contributed by atoms with Gasteiger partial charge in [0.05, 0.1) is 26.4 Å². The Kier molecular flexibility index (Phi) is 62.4. The van der Waals surface area contributed by atoms with Crippen LogP contribution in [0.2, 0.25) is 0 Å². The van der Waals surface area contributed by atoms with Gasteiger partial charge in [-0.2, -0.15) is 0 Å². The first kappa shape index (κ1) is 90.1. The molecule has 92 heavy (non-hydrogen) atoms. The number of unbranched alkanes of at least 4 members (excludes halogenated alkanes) is 38. The molecule has 0 saturated carbocycles. The van der Waals surface area contributed by atoms with Gasteiger partial charge in [0, 0.05) is 25.7 Å². The number of aliphatic hydroxyl groups is 1. The highest BCUT2D eigenvalue weighted by Gasteiger charge is 2.30. The number of hydrogen-bond acceptors (Lipinski definition) is 15. The van der Waals surface area contributed by atoms with Crippen LogP contribution in [0.25, 0.3) is 0 Å². The topological polar surface area (TPSA) is 237 Å². The molecule has 19 heteroatoms. The molecule has 0 heterocycles. The van der Waals surface area contributed by atoms with E-state index in [4.69, 9.17) is 37.0 Å². The monoisotopic (exact) mass is 1350 g/mol. The maximum atomic E-state index is 13.1. The summed E-state index contributed by atoms with van der Waals surface area (Å²) in [6, 6.07) is 0. The van der Waals surface area contributed by atoms with Gasteiger partial charge in [-0.25, -0.2) is 9.13 Å². The van der Waals surface area contributed by atoms with Crippen molar-refractivity contribution in [1.29, 1.82) is 0 Å². The zero-order valence-electron chi connectivity index (χ0n) is 60.0. The van der Waals surface area contributed by atoms with E-state index >= 15 is 0 Å². The number of rotatable bonds is 71. The minimum Gasteiger partial charge on any atom is -0.462 e. The minimum atomic E-state index is -4.96. The van der Waals surface area contributed by atoms with E-state index in [2.05, 4.69) is 48.5 Å². The van der Waals surface area contributed by atoms with Gasteiger partial charge in [-0.15, -0.1) is 0 Å². The third-order valence-electron chi connectivity index (χ3n) is 17.2. The predicted molar refractivity (Wildman–Crippen MR) is 372 cm³/mol. The molecule has 0 fully saturated rings. The lowest BCUT2D eigenvalue weighted by Crippen LogP contribution is -2.30. The molecule has 6 atom stereocenters. The lowest BCUT2D eigenvalue weighted by atomic mass is 9.99.